The molecule has 2 aromatic rings. The van der Waals surface area contributed by atoms with E-state index in [2.05, 4.69) is 10.4 Å². The van der Waals surface area contributed by atoms with Crippen LogP contribution in [0, 0.1) is 18.8 Å². The van der Waals surface area contributed by atoms with Crippen LogP contribution in [0.15, 0.2) is 0 Å². The van der Waals surface area contributed by atoms with Gasteiger partial charge in [-0.3, -0.25) is 9.48 Å². The number of carbonyl (C=O) groups is 1. The van der Waals surface area contributed by atoms with Gasteiger partial charge in [0.2, 0.25) is 0 Å². The van der Waals surface area contributed by atoms with E-state index < -0.39 is 0 Å². The summed E-state index contributed by atoms with van der Waals surface area (Å²) in [4.78, 5) is 14.2. The number of carbonyl (C=O) groups excluding carboxylic acids is 1. The molecule has 2 heterocycles. The summed E-state index contributed by atoms with van der Waals surface area (Å²) in [6.07, 6.45) is 5.03. The Balaban J connectivity index is 1.64. The van der Waals surface area contributed by atoms with Crippen molar-refractivity contribution in [2.75, 3.05) is 5.73 Å². The molecule has 112 valence electrons. The quantitative estimate of drug-likeness (QED) is 0.911. The average molecular weight is 304 g/mol. The normalized spacial score (nSPS) is 18.6. The zero-order valence-corrected chi connectivity index (χ0v) is 13.2. The smallest absolute Gasteiger partial charge is 0.263 e. The highest BCUT2D eigenvalue weighted by molar-refractivity contribution is 7.21. The molecule has 1 amide bonds. The lowest BCUT2D eigenvalue weighted by Crippen LogP contribution is -2.38. The van der Waals surface area contributed by atoms with E-state index >= 15 is 0 Å². The maximum absolute atomic E-state index is 12.6. The van der Waals surface area contributed by atoms with Gasteiger partial charge in [0.1, 0.15) is 9.71 Å². The van der Waals surface area contributed by atoms with E-state index in [1.54, 1.807) is 0 Å². The molecule has 5 nitrogen and oxygen atoms in total. The van der Waals surface area contributed by atoms with Crippen LogP contribution in [0.4, 0.5) is 5.69 Å². The Morgan fingerprint density at radius 2 is 2.00 bits per heavy atom. The highest BCUT2D eigenvalue weighted by atomic mass is 32.1. The molecule has 0 saturated heterocycles. The Morgan fingerprint density at radius 3 is 2.52 bits per heavy atom. The number of thiophene rings is 1. The number of aryl methyl sites for hydroxylation is 2. The molecule has 2 aliphatic carbocycles. The SMILES string of the molecule is Cc1nn(C)c2sc(C(=O)NC(C3CC3)C3CC3)c(N)c12. The Morgan fingerprint density at radius 1 is 1.38 bits per heavy atom. The maximum Gasteiger partial charge on any atom is 0.263 e. The first-order chi connectivity index (χ1) is 10.1. The number of hydrogen-bond donors (Lipinski definition) is 2. The number of amides is 1. The summed E-state index contributed by atoms with van der Waals surface area (Å²) in [5.74, 6) is 1.39. The van der Waals surface area contributed by atoms with Gasteiger partial charge in [0.15, 0.2) is 0 Å². The molecule has 3 N–H and O–H groups in total. The second-order valence-electron chi connectivity index (χ2n) is 6.41. The van der Waals surface area contributed by atoms with Crippen molar-refractivity contribution in [3.05, 3.63) is 10.6 Å². The molecule has 0 aliphatic heterocycles. The molecule has 21 heavy (non-hydrogen) atoms. The Hall–Kier alpha value is -1.56. The molecule has 0 aromatic carbocycles. The number of nitrogens with one attached hydrogen (secondary N) is 1. The summed E-state index contributed by atoms with van der Waals surface area (Å²) < 4.78 is 1.81. The highest BCUT2D eigenvalue weighted by Gasteiger charge is 2.42. The summed E-state index contributed by atoms with van der Waals surface area (Å²) >= 11 is 1.45. The second-order valence-corrected chi connectivity index (χ2v) is 7.41. The van der Waals surface area contributed by atoms with Crippen LogP contribution in [0.25, 0.3) is 10.2 Å². The number of rotatable bonds is 4. The minimum Gasteiger partial charge on any atom is -0.397 e. The van der Waals surface area contributed by atoms with E-state index in [1.165, 1.54) is 37.0 Å². The van der Waals surface area contributed by atoms with Crippen molar-refractivity contribution >= 4 is 33.1 Å². The van der Waals surface area contributed by atoms with Crippen LogP contribution in [0.5, 0.6) is 0 Å². The zero-order valence-electron chi connectivity index (χ0n) is 12.3. The van der Waals surface area contributed by atoms with Crippen molar-refractivity contribution in [3.8, 4) is 0 Å². The third-order valence-electron chi connectivity index (χ3n) is 4.65. The van der Waals surface area contributed by atoms with E-state index in [1.807, 2.05) is 18.7 Å². The molecule has 0 atom stereocenters. The second kappa shape index (κ2) is 4.47. The highest BCUT2D eigenvalue weighted by Crippen LogP contribution is 2.45. The lowest BCUT2D eigenvalue weighted by Gasteiger charge is -2.17. The molecule has 2 aromatic heterocycles. The van der Waals surface area contributed by atoms with Crippen LogP contribution in [-0.2, 0) is 7.05 Å². The van der Waals surface area contributed by atoms with Gasteiger partial charge < -0.3 is 11.1 Å². The predicted octanol–water partition coefficient (Wildman–Crippen LogP) is 2.44. The fraction of sp³-hybridized carbons (Fsp3) is 0.600. The lowest BCUT2D eigenvalue weighted by molar-refractivity contribution is 0.0931. The third kappa shape index (κ3) is 2.12. The van der Waals surface area contributed by atoms with Crippen LogP contribution in [0.3, 0.4) is 0 Å². The van der Waals surface area contributed by atoms with Crippen LogP contribution in [0.2, 0.25) is 0 Å². The standard InChI is InChI=1S/C15H20N4OS/c1-7-10-11(16)13(21-15(10)19(2)18-7)14(20)17-12(8-3-4-8)9-5-6-9/h8-9,12H,3-6,16H2,1-2H3,(H,17,20). The zero-order chi connectivity index (χ0) is 14.7. The summed E-state index contributed by atoms with van der Waals surface area (Å²) in [5, 5.41) is 8.55. The van der Waals surface area contributed by atoms with Crippen molar-refractivity contribution in [1.82, 2.24) is 15.1 Å². The number of anilines is 1. The number of nitrogens with two attached hydrogens (primary N) is 1. The molecule has 2 saturated carbocycles. The van der Waals surface area contributed by atoms with Gasteiger partial charge in [0, 0.05) is 13.1 Å². The van der Waals surface area contributed by atoms with Crippen molar-refractivity contribution < 1.29 is 4.79 Å². The van der Waals surface area contributed by atoms with Gasteiger partial charge in [0.25, 0.3) is 5.91 Å². The molecule has 6 heteroatoms. The van der Waals surface area contributed by atoms with Gasteiger partial charge in [-0.05, 0) is 44.4 Å². The van der Waals surface area contributed by atoms with Crippen molar-refractivity contribution in [2.45, 2.75) is 38.6 Å². The first kappa shape index (κ1) is 13.1. The monoisotopic (exact) mass is 304 g/mol. The summed E-state index contributed by atoms with van der Waals surface area (Å²) in [6, 6.07) is 0.362. The summed E-state index contributed by atoms with van der Waals surface area (Å²) in [5.41, 5.74) is 7.69. The van der Waals surface area contributed by atoms with Crippen molar-refractivity contribution in [1.29, 1.82) is 0 Å². The fourth-order valence-electron chi connectivity index (χ4n) is 3.25. The van der Waals surface area contributed by atoms with Crippen LogP contribution in [0.1, 0.15) is 41.0 Å². The summed E-state index contributed by atoms with van der Waals surface area (Å²) in [7, 11) is 1.89. The lowest BCUT2D eigenvalue weighted by atomic mass is 10.1. The van der Waals surface area contributed by atoms with Crippen molar-refractivity contribution in [3.63, 3.8) is 0 Å². The van der Waals surface area contributed by atoms with E-state index in [9.17, 15) is 4.79 Å². The average Bonchev–Trinajstić information content (AvgIpc) is 3.32. The van der Waals surface area contributed by atoms with Gasteiger partial charge in [-0.15, -0.1) is 11.3 Å². The van der Waals surface area contributed by atoms with E-state index in [0.29, 0.717) is 28.4 Å². The maximum atomic E-state index is 12.6. The van der Waals surface area contributed by atoms with Gasteiger partial charge in [0.05, 0.1) is 16.8 Å². The van der Waals surface area contributed by atoms with E-state index in [-0.39, 0.29) is 5.91 Å². The van der Waals surface area contributed by atoms with Gasteiger partial charge >= 0.3 is 0 Å². The van der Waals surface area contributed by atoms with Crippen LogP contribution in [-0.4, -0.2) is 21.7 Å². The molecule has 4 rings (SSSR count). The largest absolute Gasteiger partial charge is 0.397 e. The van der Waals surface area contributed by atoms with Gasteiger partial charge in [-0.2, -0.15) is 5.10 Å². The van der Waals surface area contributed by atoms with Crippen molar-refractivity contribution in [2.24, 2.45) is 18.9 Å². The molecular weight excluding hydrogens is 284 g/mol. The molecule has 2 fully saturated rings. The van der Waals surface area contributed by atoms with E-state index in [4.69, 9.17) is 5.73 Å². The minimum atomic E-state index is -0.00287. The van der Waals surface area contributed by atoms with Gasteiger partial charge in [-0.25, -0.2) is 0 Å². The third-order valence-corrected chi connectivity index (χ3v) is 5.92. The molecule has 0 spiro atoms. The number of nitrogen functional groups attached to an aromatic ring is 1. The number of fused-ring (bicyclic) bond motifs is 1. The van der Waals surface area contributed by atoms with E-state index in [0.717, 1.165) is 15.9 Å². The number of aromatic nitrogens is 2. The minimum absolute atomic E-state index is 0.00287. The first-order valence-electron chi connectivity index (χ1n) is 7.58. The molecule has 0 bridgehead atoms. The first-order valence-corrected chi connectivity index (χ1v) is 8.40. The summed E-state index contributed by atoms with van der Waals surface area (Å²) in [6.45, 7) is 1.93. The fourth-order valence-corrected chi connectivity index (χ4v) is 4.34. The number of hydrogen-bond acceptors (Lipinski definition) is 4. The number of nitrogens with zero attached hydrogens (tertiary/aromatic N) is 2. The predicted molar refractivity (Wildman–Crippen MR) is 84.4 cm³/mol. The van der Waals surface area contributed by atoms with Crippen LogP contribution >= 0.6 is 11.3 Å². The molecule has 0 unspecified atom stereocenters. The topological polar surface area (TPSA) is 72.9 Å². The Kier molecular flexibility index (Phi) is 2.79. The Labute approximate surface area is 127 Å². The Bertz CT molecular complexity index is 712. The van der Waals surface area contributed by atoms with Crippen LogP contribution < -0.4 is 11.1 Å². The van der Waals surface area contributed by atoms with Gasteiger partial charge in [-0.1, -0.05) is 0 Å². The molecule has 0 radical (unpaired) electrons. The molecule has 2 aliphatic rings. The molecular formula is C15H20N4OS.